The van der Waals surface area contributed by atoms with Gasteiger partial charge in [0.15, 0.2) is 0 Å². The Morgan fingerprint density at radius 1 is 0.786 bits per heavy atom. The molecule has 142 valence electrons. The molecule has 1 amide bonds. The average molecular weight is 375 g/mol. The van der Waals surface area contributed by atoms with Crippen LogP contribution in [0.2, 0.25) is 0 Å². The summed E-state index contributed by atoms with van der Waals surface area (Å²) in [6.45, 7) is 0. The lowest BCUT2D eigenvalue weighted by Crippen LogP contribution is -2.29. The van der Waals surface area contributed by atoms with E-state index in [-0.39, 0.29) is 11.9 Å². The zero-order valence-corrected chi connectivity index (χ0v) is 15.7. The number of rotatable bonds is 6. The van der Waals surface area contributed by atoms with Crippen molar-refractivity contribution < 1.29 is 19.1 Å². The van der Waals surface area contributed by atoms with Gasteiger partial charge < -0.3 is 14.8 Å². The lowest BCUT2D eigenvalue weighted by Gasteiger charge is -2.20. The standard InChI is InChI=1S/C23H21NO4/c1-27-20-13-11-17(12-14-20)21(16-7-4-3-5-8-16)24-22(25)18-9-6-10-19(15-18)23(26)28-2/h3-15,21H,1-2H3,(H,24,25). The molecular weight excluding hydrogens is 354 g/mol. The molecule has 0 saturated carbocycles. The number of nitrogens with one attached hydrogen (secondary N) is 1. The van der Waals surface area contributed by atoms with Gasteiger partial charge in [0.2, 0.25) is 0 Å². The lowest BCUT2D eigenvalue weighted by atomic mass is 9.98. The molecule has 3 aromatic carbocycles. The third-order valence-electron chi connectivity index (χ3n) is 4.40. The van der Waals surface area contributed by atoms with Gasteiger partial charge in [0.25, 0.3) is 5.91 Å². The highest BCUT2D eigenvalue weighted by molar-refractivity contribution is 5.98. The van der Waals surface area contributed by atoms with E-state index in [1.165, 1.54) is 13.2 Å². The van der Waals surface area contributed by atoms with Crippen molar-refractivity contribution in [2.24, 2.45) is 0 Å². The summed E-state index contributed by atoms with van der Waals surface area (Å²) in [7, 11) is 2.92. The maximum atomic E-state index is 12.9. The van der Waals surface area contributed by atoms with Gasteiger partial charge in [-0.2, -0.15) is 0 Å². The fourth-order valence-electron chi connectivity index (χ4n) is 2.92. The SMILES string of the molecule is COC(=O)c1cccc(C(=O)NC(c2ccccc2)c2ccc(OC)cc2)c1. The molecule has 0 aliphatic heterocycles. The highest BCUT2D eigenvalue weighted by Gasteiger charge is 2.19. The summed E-state index contributed by atoms with van der Waals surface area (Å²) in [6.07, 6.45) is 0. The van der Waals surface area contributed by atoms with E-state index in [4.69, 9.17) is 9.47 Å². The van der Waals surface area contributed by atoms with Crippen LogP contribution in [0.4, 0.5) is 0 Å². The van der Waals surface area contributed by atoms with Gasteiger partial charge in [0, 0.05) is 5.56 Å². The zero-order chi connectivity index (χ0) is 19.9. The average Bonchev–Trinajstić information content (AvgIpc) is 2.77. The van der Waals surface area contributed by atoms with Gasteiger partial charge in [0.05, 0.1) is 25.8 Å². The van der Waals surface area contributed by atoms with Crippen LogP contribution in [-0.2, 0) is 4.74 Å². The molecule has 28 heavy (non-hydrogen) atoms. The molecule has 3 rings (SSSR count). The number of hydrogen-bond acceptors (Lipinski definition) is 4. The van der Waals surface area contributed by atoms with Crippen LogP contribution in [0.25, 0.3) is 0 Å². The molecule has 0 fully saturated rings. The van der Waals surface area contributed by atoms with E-state index in [2.05, 4.69) is 5.32 Å². The predicted molar refractivity (Wildman–Crippen MR) is 107 cm³/mol. The van der Waals surface area contributed by atoms with Crippen molar-refractivity contribution in [3.63, 3.8) is 0 Å². The number of carbonyl (C=O) groups is 2. The summed E-state index contributed by atoms with van der Waals surface area (Å²) < 4.78 is 9.95. The van der Waals surface area contributed by atoms with E-state index in [0.29, 0.717) is 11.1 Å². The van der Waals surface area contributed by atoms with Crippen molar-refractivity contribution in [1.29, 1.82) is 0 Å². The predicted octanol–water partition coefficient (Wildman–Crippen LogP) is 4.00. The van der Waals surface area contributed by atoms with Gasteiger partial charge in [0.1, 0.15) is 5.75 Å². The number of hydrogen-bond donors (Lipinski definition) is 1. The Morgan fingerprint density at radius 2 is 1.43 bits per heavy atom. The first-order valence-corrected chi connectivity index (χ1v) is 8.80. The monoisotopic (exact) mass is 375 g/mol. The molecule has 0 heterocycles. The molecule has 5 nitrogen and oxygen atoms in total. The molecular formula is C23H21NO4. The van der Waals surface area contributed by atoms with Gasteiger partial charge in [-0.1, -0.05) is 48.5 Å². The second kappa shape index (κ2) is 8.86. The van der Waals surface area contributed by atoms with Crippen molar-refractivity contribution >= 4 is 11.9 Å². The molecule has 3 aromatic rings. The zero-order valence-electron chi connectivity index (χ0n) is 15.7. The first kappa shape index (κ1) is 19.2. The molecule has 5 heteroatoms. The number of ether oxygens (including phenoxy) is 2. The Labute approximate surface area is 163 Å². The minimum Gasteiger partial charge on any atom is -0.497 e. The third-order valence-corrected chi connectivity index (χ3v) is 4.40. The van der Waals surface area contributed by atoms with E-state index >= 15 is 0 Å². The number of methoxy groups -OCH3 is 2. The summed E-state index contributed by atoms with van der Waals surface area (Å²) >= 11 is 0. The molecule has 0 aliphatic rings. The molecule has 1 unspecified atom stereocenters. The maximum absolute atomic E-state index is 12.9. The van der Waals surface area contributed by atoms with Crippen molar-refractivity contribution in [1.82, 2.24) is 5.32 Å². The number of amides is 1. The van der Waals surface area contributed by atoms with Gasteiger partial charge in [-0.25, -0.2) is 4.79 Å². The largest absolute Gasteiger partial charge is 0.497 e. The van der Waals surface area contributed by atoms with E-state index in [9.17, 15) is 9.59 Å². The van der Waals surface area contributed by atoms with Crippen LogP contribution < -0.4 is 10.1 Å². The fourth-order valence-corrected chi connectivity index (χ4v) is 2.92. The van der Waals surface area contributed by atoms with E-state index < -0.39 is 5.97 Å². The second-order valence-electron chi connectivity index (χ2n) is 6.16. The van der Waals surface area contributed by atoms with Crippen LogP contribution in [0, 0.1) is 0 Å². The van der Waals surface area contributed by atoms with Crippen LogP contribution in [0.1, 0.15) is 37.9 Å². The highest BCUT2D eigenvalue weighted by Crippen LogP contribution is 2.24. The normalized spacial score (nSPS) is 11.4. The van der Waals surface area contributed by atoms with Gasteiger partial charge in [-0.3, -0.25) is 4.79 Å². The van der Waals surface area contributed by atoms with Gasteiger partial charge >= 0.3 is 5.97 Å². The molecule has 0 radical (unpaired) electrons. The number of esters is 1. The van der Waals surface area contributed by atoms with E-state index in [1.54, 1.807) is 25.3 Å². The van der Waals surface area contributed by atoms with Crippen LogP contribution >= 0.6 is 0 Å². The Balaban J connectivity index is 1.91. The van der Waals surface area contributed by atoms with Crippen molar-refractivity contribution in [3.8, 4) is 5.75 Å². The third kappa shape index (κ3) is 4.38. The summed E-state index contributed by atoms with van der Waals surface area (Å²) in [5.74, 6) is -0.0208. The molecule has 0 aromatic heterocycles. The van der Waals surface area contributed by atoms with Crippen LogP contribution in [-0.4, -0.2) is 26.1 Å². The molecule has 0 aliphatic carbocycles. The van der Waals surface area contributed by atoms with Crippen LogP contribution in [0.3, 0.4) is 0 Å². The van der Waals surface area contributed by atoms with Crippen LogP contribution in [0.5, 0.6) is 5.75 Å². The van der Waals surface area contributed by atoms with Crippen LogP contribution in [0.15, 0.2) is 78.9 Å². The molecule has 0 spiro atoms. The summed E-state index contributed by atoms with van der Waals surface area (Å²) in [5.41, 5.74) is 2.59. The number of benzene rings is 3. The highest BCUT2D eigenvalue weighted by atomic mass is 16.5. The summed E-state index contributed by atoms with van der Waals surface area (Å²) in [5, 5.41) is 3.06. The minimum absolute atomic E-state index is 0.282. The topological polar surface area (TPSA) is 64.6 Å². The molecule has 1 N–H and O–H groups in total. The van der Waals surface area contributed by atoms with Crippen molar-refractivity contribution in [2.75, 3.05) is 14.2 Å². The quantitative estimate of drug-likeness (QED) is 0.662. The molecule has 1 atom stereocenters. The first-order chi connectivity index (χ1) is 13.6. The molecule has 0 saturated heterocycles. The van der Waals surface area contributed by atoms with Gasteiger partial charge in [-0.05, 0) is 41.5 Å². The fraction of sp³-hybridized carbons (Fsp3) is 0.130. The first-order valence-electron chi connectivity index (χ1n) is 8.80. The van der Waals surface area contributed by atoms with E-state index in [0.717, 1.165) is 16.9 Å². The molecule has 0 bridgehead atoms. The summed E-state index contributed by atoms with van der Waals surface area (Å²) in [6, 6.07) is 23.4. The minimum atomic E-state index is -0.482. The Kier molecular flexibility index (Phi) is 6.07. The number of carbonyl (C=O) groups excluding carboxylic acids is 2. The van der Waals surface area contributed by atoms with Crippen molar-refractivity contribution in [2.45, 2.75) is 6.04 Å². The Morgan fingerprint density at radius 3 is 2.07 bits per heavy atom. The van der Waals surface area contributed by atoms with E-state index in [1.807, 2.05) is 54.6 Å². The summed E-state index contributed by atoms with van der Waals surface area (Å²) in [4.78, 5) is 24.6. The second-order valence-corrected chi connectivity index (χ2v) is 6.16. The van der Waals surface area contributed by atoms with Gasteiger partial charge in [-0.15, -0.1) is 0 Å². The Bertz CT molecular complexity index is 952. The maximum Gasteiger partial charge on any atom is 0.337 e. The smallest absolute Gasteiger partial charge is 0.337 e. The Hall–Kier alpha value is -3.60. The lowest BCUT2D eigenvalue weighted by molar-refractivity contribution is 0.0600. The van der Waals surface area contributed by atoms with Crippen molar-refractivity contribution in [3.05, 3.63) is 101 Å².